The van der Waals surface area contributed by atoms with Crippen molar-refractivity contribution in [1.29, 1.82) is 0 Å². The molecule has 1 aliphatic heterocycles. The lowest BCUT2D eigenvalue weighted by Crippen LogP contribution is -2.22. The summed E-state index contributed by atoms with van der Waals surface area (Å²) in [6.07, 6.45) is 4.75. The highest BCUT2D eigenvalue weighted by Gasteiger charge is 2.21. The number of hydrogen-bond donors (Lipinski definition) is 0. The van der Waals surface area contributed by atoms with Crippen LogP contribution in [-0.4, -0.2) is 34.7 Å². The Hall–Kier alpha value is 0.240. The van der Waals surface area contributed by atoms with Crippen LogP contribution in [0.2, 0.25) is 0 Å². The van der Waals surface area contributed by atoms with Gasteiger partial charge in [-0.05, 0) is 24.5 Å². The van der Waals surface area contributed by atoms with Crippen molar-refractivity contribution in [3.05, 3.63) is 12.3 Å². The molecule has 0 aromatic heterocycles. The Morgan fingerprint density at radius 3 is 2.60 bits per heavy atom. The summed E-state index contributed by atoms with van der Waals surface area (Å²) in [6.45, 7) is 4.02. The molecule has 0 unspecified atom stereocenters. The molecule has 0 spiro atoms. The van der Waals surface area contributed by atoms with Gasteiger partial charge in [-0.2, -0.15) is 0 Å². The monoisotopic (exact) mass is 177 g/mol. The standard InChI is InChI=1S/C7H15NS2/c1-7-5-10(3,4)6-9-8(7)2/h1,5-6H2,2-4H3. The zero-order chi connectivity index (χ0) is 7.78. The minimum atomic E-state index is -0.343. The molecule has 0 N–H and O–H groups in total. The summed E-state index contributed by atoms with van der Waals surface area (Å²) in [7, 11) is 1.76. The van der Waals surface area contributed by atoms with E-state index in [1.165, 1.54) is 16.5 Å². The zero-order valence-corrected chi connectivity index (χ0v) is 8.52. The molecule has 0 aromatic carbocycles. The van der Waals surface area contributed by atoms with Crippen molar-refractivity contribution in [2.24, 2.45) is 0 Å². The largest absolute Gasteiger partial charge is 0.322 e. The highest BCUT2D eigenvalue weighted by molar-refractivity contribution is 8.39. The topological polar surface area (TPSA) is 3.24 Å². The van der Waals surface area contributed by atoms with Gasteiger partial charge < -0.3 is 4.31 Å². The van der Waals surface area contributed by atoms with Crippen LogP contribution in [0.3, 0.4) is 0 Å². The third-order valence-electron chi connectivity index (χ3n) is 1.57. The number of hydrogen-bond acceptors (Lipinski definition) is 2. The number of nitrogens with zero attached hydrogens (tertiary/aromatic N) is 1. The molecule has 60 valence electrons. The summed E-state index contributed by atoms with van der Waals surface area (Å²) in [6, 6.07) is 0. The molecule has 0 radical (unpaired) electrons. The van der Waals surface area contributed by atoms with E-state index in [0.29, 0.717) is 0 Å². The molecule has 1 saturated heterocycles. The van der Waals surface area contributed by atoms with Gasteiger partial charge in [0.2, 0.25) is 0 Å². The molecule has 0 amide bonds. The van der Waals surface area contributed by atoms with Crippen LogP contribution in [-0.2, 0) is 0 Å². The predicted octanol–water partition coefficient (Wildman–Crippen LogP) is 2.12. The van der Waals surface area contributed by atoms with Gasteiger partial charge >= 0.3 is 0 Å². The second-order valence-electron chi connectivity index (χ2n) is 3.22. The van der Waals surface area contributed by atoms with Gasteiger partial charge in [0, 0.05) is 23.6 Å². The van der Waals surface area contributed by atoms with Crippen LogP contribution in [0, 0.1) is 0 Å². The van der Waals surface area contributed by atoms with Crippen molar-refractivity contribution < 1.29 is 0 Å². The van der Waals surface area contributed by atoms with Crippen LogP contribution in [0.1, 0.15) is 0 Å². The zero-order valence-electron chi connectivity index (χ0n) is 6.89. The van der Waals surface area contributed by atoms with E-state index in [4.69, 9.17) is 0 Å². The fourth-order valence-corrected chi connectivity index (χ4v) is 4.43. The second kappa shape index (κ2) is 2.70. The Bertz CT molecular complexity index is 154. The van der Waals surface area contributed by atoms with E-state index in [1.807, 2.05) is 11.9 Å². The summed E-state index contributed by atoms with van der Waals surface area (Å²) >= 11 is 1.90. The fraction of sp³-hybridized carbons (Fsp3) is 0.714. The molecule has 1 fully saturated rings. The average Bonchev–Trinajstić information content (AvgIpc) is 1.79. The maximum Gasteiger partial charge on any atom is 0.0436 e. The Labute approximate surface area is 69.3 Å². The Morgan fingerprint density at radius 2 is 2.20 bits per heavy atom. The average molecular weight is 177 g/mol. The van der Waals surface area contributed by atoms with Gasteiger partial charge in [-0.1, -0.05) is 6.58 Å². The van der Waals surface area contributed by atoms with Crippen LogP contribution in [0.15, 0.2) is 12.3 Å². The first-order chi connectivity index (χ1) is 4.51. The normalized spacial score (nSPS) is 28.3. The van der Waals surface area contributed by atoms with E-state index in [-0.39, 0.29) is 10.0 Å². The summed E-state index contributed by atoms with van der Waals surface area (Å²) in [4.78, 5) is 0. The van der Waals surface area contributed by atoms with E-state index in [9.17, 15) is 0 Å². The van der Waals surface area contributed by atoms with Crippen molar-refractivity contribution in [2.45, 2.75) is 0 Å². The van der Waals surface area contributed by atoms with E-state index < -0.39 is 0 Å². The van der Waals surface area contributed by atoms with Crippen molar-refractivity contribution in [2.75, 3.05) is 30.4 Å². The summed E-state index contributed by atoms with van der Waals surface area (Å²) in [5.74, 6) is 1.22. The van der Waals surface area contributed by atoms with Gasteiger partial charge in [0.05, 0.1) is 0 Å². The predicted molar refractivity (Wildman–Crippen MR) is 53.7 cm³/mol. The molecule has 1 rings (SSSR count). The van der Waals surface area contributed by atoms with Crippen molar-refractivity contribution in [3.63, 3.8) is 0 Å². The third kappa shape index (κ3) is 1.86. The molecular formula is C7H15NS2. The Kier molecular flexibility index (Phi) is 2.25. The van der Waals surface area contributed by atoms with Crippen LogP contribution in [0.5, 0.6) is 0 Å². The molecule has 3 heteroatoms. The molecule has 0 aromatic rings. The number of rotatable bonds is 0. The lowest BCUT2D eigenvalue weighted by atomic mass is 10.6. The molecule has 1 nitrogen and oxygen atoms in total. The van der Waals surface area contributed by atoms with Gasteiger partial charge in [0.25, 0.3) is 0 Å². The first-order valence-corrected chi connectivity index (χ1v) is 6.97. The van der Waals surface area contributed by atoms with Gasteiger partial charge in [0.1, 0.15) is 0 Å². The fourth-order valence-electron chi connectivity index (χ4n) is 0.897. The highest BCUT2D eigenvalue weighted by Crippen LogP contribution is 2.49. The van der Waals surface area contributed by atoms with E-state index >= 15 is 0 Å². The molecule has 1 aliphatic rings. The van der Waals surface area contributed by atoms with Gasteiger partial charge in [0.15, 0.2) is 0 Å². The van der Waals surface area contributed by atoms with Gasteiger partial charge in [-0.15, -0.1) is 0 Å². The molecule has 0 saturated carbocycles. The molecular weight excluding hydrogens is 162 g/mol. The van der Waals surface area contributed by atoms with E-state index in [1.54, 1.807) is 0 Å². The van der Waals surface area contributed by atoms with Crippen LogP contribution in [0.25, 0.3) is 0 Å². The maximum atomic E-state index is 4.02. The van der Waals surface area contributed by atoms with Crippen molar-refractivity contribution in [1.82, 2.24) is 4.31 Å². The van der Waals surface area contributed by atoms with Crippen LogP contribution < -0.4 is 0 Å². The molecule has 1 heterocycles. The Balaban J connectivity index is 2.57. The molecule has 10 heavy (non-hydrogen) atoms. The summed E-state index contributed by atoms with van der Waals surface area (Å²) in [5.41, 5.74) is 1.29. The summed E-state index contributed by atoms with van der Waals surface area (Å²) < 4.78 is 2.19. The van der Waals surface area contributed by atoms with Crippen molar-refractivity contribution >= 4 is 22.0 Å². The molecule has 0 atom stereocenters. The van der Waals surface area contributed by atoms with Crippen molar-refractivity contribution in [3.8, 4) is 0 Å². The van der Waals surface area contributed by atoms with E-state index in [0.717, 1.165) is 0 Å². The molecule has 0 aliphatic carbocycles. The van der Waals surface area contributed by atoms with Crippen LogP contribution in [0.4, 0.5) is 0 Å². The summed E-state index contributed by atoms with van der Waals surface area (Å²) in [5, 5.41) is 1.29. The molecule has 0 bridgehead atoms. The first-order valence-electron chi connectivity index (χ1n) is 3.24. The minimum Gasteiger partial charge on any atom is -0.322 e. The highest BCUT2D eigenvalue weighted by atomic mass is 32.3. The lowest BCUT2D eigenvalue weighted by molar-refractivity contribution is 0.708. The first kappa shape index (κ1) is 8.34. The van der Waals surface area contributed by atoms with Crippen LogP contribution >= 0.6 is 22.0 Å². The van der Waals surface area contributed by atoms with Gasteiger partial charge in [-0.3, -0.25) is 0 Å². The Morgan fingerprint density at radius 1 is 1.60 bits per heavy atom. The maximum absolute atomic E-state index is 4.02. The minimum absolute atomic E-state index is 0.343. The SMILES string of the molecule is C=C1CS(C)(C)CSN1C. The second-order valence-corrected chi connectivity index (χ2v) is 8.79. The quantitative estimate of drug-likeness (QED) is 0.521. The lowest BCUT2D eigenvalue weighted by Gasteiger charge is -2.40. The smallest absolute Gasteiger partial charge is 0.0436 e. The van der Waals surface area contributed by atoms with E-state index in [2.05, 4.69) is 30.4 Å². The third-order valence-corrected chi connectivity index (χ3v) is 6.30. The van der Waals surface area contributed by atoms with Gasteiger partial charge in [-0.25, -0.2) is 10.0 Å².